The van der Waals surface area contributed by atoms with Gasteiger partial charge in [0, 0.05) is 11.1 Å². The van der Waals surface area contributed by atoms with E-state index in [1.165, 1.54) is 36.5 Å². The van der Waals surface area contributed by atoms with Gasteiger partial charge in [-0.05, 0) is 35.4 Å². The van der Waals surface area contributed by atoms with Gasteiger partial charge >= 0.3 is 12.1 Å². The molecule has 4 rings (SSSR count). The van der Waals surface area contributed by atoms with Crippen LogP contribution in [0.4, 0.5) is 17.6 Å². The topological polar surface area (TPSA) is 72.3 Å². The third kappa shape index (κ3) is 5.03. The number of hydrogen-bond acceptors (Lipinski definition) is 4. The maximum atomic E-state index is 14.1. The summed E-state index contributed by atoms with van der Waals surface area (Å²) in [5.41, 5.74) is 0.263. The van der Waals surface area contributed by atoms with Crippen LogP contribution in [-0.4, -0.2) is 21.0 Å². The zero-order valence-electron chi connectivity index (χ0n) is 17.4. The normalized spacial score (nSPS) is 11.3. The number of carbonyl (C=O) groups is 1. The number of carboxylic acids is 1. The molecule has 0 fully saturated rings. The van der Waals surface area contributed by atoms with Gasteiger partial charge < -0.3 is 9.84 Å². The van der Waals surface area contributed by atoms with Gasteiger partial charge in [0.05, 0.1) is 23.7 Å². The number of aromatic nitrogens is 2. The summed E-state index contributed by atoms with van der Waals surface area (Å²) in [5.74, 6) is -1.93. The van der Waals surface area contributed by atoms with Gasteiger partial charge in [-0.25, -0.2) is 14.2 Å². The molecule has 0 aliphatic heterocycles. The van der Waals surface area contributed by atoms with Gasteiger partial charge in [-0.15, -0.1) is 0 Å². The van der Waals surface area contributed by atoms with Gasteiger partial charge in [-0.2, -0.15) is 13.2 Å². The Balaban J connectivity index is 1.51. The molecule has 0 unspecified atom stereocenters. The second-order valence-corrected chi connectivity index (χ2v) is 7.26. The lowest BCUT2D eigenvalue weighted by atomic mass is 9.98. The zero-order valence-corrected chi connectivity index (χ0v) is 17.4. The van der Waals surface area contributed by atoms with Crippen LogP contribution in [-0.2, 0) is 12.8 Å². The fourth-order valence-corrected chi connectivity index (χ4v) is 3.29. The van der Waals surface area contributed by atoms with E-state index < -0.39 is 23.5 Å². The van der Waals surface area contributed by atoms with E-state index in [-0.39, 0.29) is 29.2 Å². The van der Waals surface area contributed by atoms with Gasteiger partial charge in [0.2, 0.25) is 0 Å². The lowest BCUT2D eigenvalue weighted by molar-refractivity contribution is -0.137. The molecule has 34 heavy (non-hydrogen) atoms. The highest BCUT2D eigenvalue weighted by atomic mass is 19.4. The van der Waals surface area contributed by atoms with Crippen LogP contribution >= 0.6 is 0 Å². The first-order valence-corrected chi connectivity index (χ1v) is 9.96. The first-order valence-electron chi connectivity index (χ1n) is 9.96. The van der Waals surface area contributed by atoms with E-state index in [4.69, 9.17) is 9.84 Å². The largest absolute Gasteiger partial charge is 0.489 e. The van der Waals surface area contributed by atoms with Crippen LogP contribution in [0.25, 0.3) is 22.4 Å². The van der Waals surface area contributed by atoms with Gasteiger partial charge in [0.15, 0.2) is 5.69 Å². The maximum Gasteiger partial charge on any atom is 0.417 e. The molecule has 0 amide bonds. The third-order valence-electron chi connectivity index (χ3n) is 4.99. The van der Waals surface area contributed by atoms with Gasteiger partial charge in [0.25, 0.3) is 0 Å². The highest BCUT2D eigenvalue weighted by Gasteiger charge is 2.34. The van der Waals surface area contributed by atoms with Crippen LogP contribution in [0, 0.1) is 5.82 Å². The molecule has 0 aliphatic rings. The zero-order chi connectivity index (χ0) is 24.3. The summed E-state index contributed by atoms with van der Waals surface area (Å²) in [5, 5.41) is 8.89. The minimum absolute atomic E-state index is 0.000251. The Morgan fingerprint density at radius 3 is 2.26 bits per heavy atom. The Morgan fingerprint density at radius 1 is 0.912 bits per heavy atom. The molecule has 0 aliphatic carbocycles. The Kier molecular flexibility index (Phi) is 6.27. The van der Waals surface area contributed by atoms with Gasteiger partial charge in [0.1, 0.15) is 18.2 Å². The Bertz CT molecular complexity index is 1320. The predicted octanol–water partition coefficient (Wildman–Crippen LogP) is 6.25. The van der Waals surface area contributed by atoms with E-state index >= 15 is 0 Å². The molecule has 0 atom stereocenters. The van der Waals surface area contributed by atoms with Crippen LogP contribution in [0.3, 0.4) is 0 Å². The van der Waals surface area contributed by atoms with Crippen molar-refractivity contribution >= 4 is 5.97 Å². The fourth-order valence-electron chi connectivity index (χ4n) is 3.29. The summed E-state index contributed by atoms with van der Waals surface area (Å²) in [4.78, 5) is 18.7. The van der Waals surface area contributed by atoms with Crippen molar-refractivity contribution in [1.29, 1.82) is 0 Å². The van der Waals surface area contributed by atoms with E-state index in [9.17, 15) is 22.4 Å². The first kappa shape index (κ1) is 22.9. The molecule has 1 heterocycles. The Labute approximate surface area is 191 Å². The van der Waals surface area contributed by atoms with Crippen molar-refractivity contribution in [2.45, 2.75) is 12.8 Å². The molecular weight excluding hydrogens is 452 g/mol. The SMILES string of the molecule is O=C(O)c1cnc(-c2ccc(COc3ccc(-c4ccccc4F)c(C(F)(F)F)c3)cc2)cn1. The smallest absolute Gasteiger partial charge is 0.417 e. The molecule has 172 valence electrons. The van der Waals surface area contributed by atoms with Crippen LogP contribution < -0.4 is 4.74 Å². The average Bonchev–Trinajstić information content (AvgIpc) is 2.83. The number of hydrogen-bond donors (Lipinski definition) is 1. The summed E-state index contributed by atoms with van der Waals surface area (Å²) < 4.78 is 60.6. The number of alkyl halides is 3. The monoisotopic (exact) mass is 468 g/mol. The Morgan fingerprint density at radius 2 is 1.65 bits per heavy atom. The number of rotatable bonds is 6. The minimum Gasteiger partial charge on any atom is -0.489 e. The highest BCUT2D eigenvalue weighted by molar-refractivity contribution is 5.85. The molecular formula is C25H16F4N2O3. The summed E-state index contributed by atoms with van der Waals surface area (Å²) in [6, 6.07) is 15.5. The van der Waals surface area contributed by atoms with E-state index in [0.717, 1.165) is 18.3 Å². The number of aromatic carboxylic acids is 1. The lowest BCUT2D eigenvalue weighted by Gasteiger charge is -2.16. The summed E-state index contributed by atoms with van der Waals surface area (Å²) in [6.07, 6.45) is -2.21. The minimum atomic E-state index is -4.70. The molecule has 0 saturated carbocycles. The highest BCUT2D eigenvalue weighted by Crippen LogP contribution is 2.40. The lowest BCUT2D eigenvalue weighted by Crippen LogP contribution is -2.08. The quantitative estimate of drug-likeness (QED) is 0.339. The molecule has 0 bridgehead atoms. The van der Waals surface area contributed by atoms with Crippen molar-refractivity contribution in [2.24, 2.45) is 0 Å². The summed E-state index contributed by atoms with van der Waals surface area (Å²) in [7, 11) is 0. The second kappa shape index (κ2) is 9.30. The van der Waals surface area contributed by atoms with Crippen LogP contribution in [0.15, 0.2) is 79.1 Å². The van der Waals surface area contributed by atoms with Crippen molar-refractivity contribution in [3.63, 3.8) is 0 Å². The maximum absolute atomic E-state index is 14.1. The number of halogens is 4. The summed E-state index contributed by atoms with van der Waals surface area (Å²) >= 11 is 0. The number of carboxylic acid groups (broad SMARTS) is 1. The number of ether oxygens (including phenoxy) is 1. The van der Waals surface area contributed by atoms with E-state index in [1.807, 2.05) is 0 Å². The second-order valence-electron chi connectivity index (χ2n) is 7.26. The molecule has 9 heteroatoms. The molecule has 0 spiro atoms. The van der Waals surface area contributed by atoms with Crippen LogP contribution in [0.2, 0.25) is 0 Å². The van der Waals surface area contributed by atoms with E-state index in [1.54, 1.807) is 24.3 Å². The number of nitrogens with zero attached hydrogens (tertiary/aromatic N) is 2. The molecule has 1 N–H and O–H groups in total. The standard InChI is InChI=1S/C25H16F4N2O3/c26-21-4-2-1-3-19(21)18-10-9-17(11-20(18)25(27,28)29)34-14-15-5-7-16(8-6-15)22-12-31-23(13-30-22)24(32)33/h1-13H,14H2,(H,32,33). The molecule has 3 aromatic carbocycles. The molecule has 5 nitrogen and oxygen atoms in total. The Hall–Kier alpha value is -4.27. The van der Waals surface area contributed by atoms with Crippen molar-refractivity contribution in [2.75, 3.05) is 0 Å². The van der Waals surface area contributed by atoms with Gasteiger partial charge in [-0.1, -0.05) is 42.5 Å². The van der Waals surface area contributed by atoms with Gasteiger partial charge in [-0.3, -0.25) is 4.98 Å². The van der Waals surface area contributed by atoms with Crippen molar-refractivity contribution in [1.82, 2.24) is 9.97 Å². The molecule has 0 saturated heterocycles. The molecule has 0 radical (unpaired) electrons. The van der Waals surface area contributed by atoms with E-state index in [2.05, 4.69) is 9.97 Å². The average molecular weight is 468 g/mol. The van der Waals surface area contributed by atoms with Crippen molar-refractivity contribution in [3.05, 3.63) is 102 Å². The fraction of sp³-hybridized carbons (Fsp3) is 0.0800. The van der Waals surface area contributed by atoms with Crippen LogP contribution in [0.5, 0.6) is 5.75 Å². The van der Waals surface area contributed by atoms with Crippen molar-refractivity contribution in [3.8, 4) is 28.1 Å². The molecule has 4 aromatic rings. The summed E-state index contributed by atoms with van der Waals surface area (Å²) in [6.45, 7) is 0.000251. The number of benzene rings is 3. The third-order valence-corrected chi connectivity index (χ3v) is 4.99. The van der Waals surface area contributed by atoms with E-state index in [0.29, 0.717) is 16.8 Å². The predicted molar refractivity (Wildman–Crippen MR) is 116 cm³/mol. The first-order chi connectivity index (χ1) is 16.2. The van der Waals surface area contributed by atoms with Crippen molar-refractivity contribution < 1.29 is 32.2 Å². The molecule has 1 aromatic heterocycles. The van der Waals surface area contributed by atoms with Crippen LogP contribution in [0.1, 0.15) is 21.6 Å².